The number of carbonyl (C=O) groups is 2. The van der Waals surface area contributed by atoms with Crippen LogP contribution in [0.25, 0.3) is 11.3 Å². The fourth-order valence-corrected chi connectivity index (χ4v) is 2.79. The molecule has 1 N–H and O–H groups in total. The van der Waals surface area contributed by atoms with Crippen molar-refractivity contribution in [3.8, 4) is 17.0 Å². The quantitative estimate of drug-likeness (QED) is 0.439. The standard InChI is InChI=1S/C22H22N4O5/c1-25(14-16-6-4-3-5-7-16)22(29)31-15-19-21(23-24-26(19)2)17-8-10-18(11-9-17)30-13-12-20(27)28/h3-13H,14-15H2,1-2H3,(H,27,28)/b13-12+. The number of aromatic nitrogens is 3. The number of nitrogens with zero attached hydrogens (tertiary/aromatic N) is 4. The van der Waals surface area contributed by atoms with Crippen LogP contribution in [0.5, 0.6) is 5.75 Å². The first-order valence-corrected chi connectivity index (χ1v) is 9.41. The number of rotatable bonds is 8. The Hall–Kier alpha value is -4.14. The van der Waals surface area contributed by atoms with Gasteiger partial charge in [-0.15, -0.1) is 5.10 Å². The molecule has 0 saturated carbocycles. The van der Waals surface area contributed by atoms with Crippen molar-refractivity contribution >= 4 is 12.1 Å². The zero-order valence-corrected chi connectivity index (χ0v) is 17.1. The first-order chi connectivity index (χ1) is 14.9. The average molecular weight is 422 g/mol. The maximum atomic E-state index is 12.4. The number of hydrogen-bond acceptors (Lipinski definition) is 6. The molecule has 0 aliphatic rings. The van der Waals surface area contributed by atoms with Gasteiger partial charge < -0.3 is 19.5 Å². The summed E-state index contributed by atoms with van der Waals surface area (Å²) in [5.41, 5.74) is 2.98. The molecule has 1 amide bonds. The van der Waals surface area contributed by atoms with E-state index >= 15 is 0 Å². The Balaban J connectivity index is 1.64. The van der Waals surface area contributed by atoms with Crippen molar-refractivity contribution in [3.05, 3.63) is 78.2 Å². The molecule has 31 heavy (non-hydrogen) atoms. The van der Waals surface area contributed by atoms with Gasteiger partial charge in [0.05, 0.1) is 12.3 Å². The van der Waals surface area contributed by atoms with Crippen molar-refractivity contribution in [1.82, 2.24) is 19.9 Å². The Morgan fingerprint density at radius 2 is 1.84 bits per heavy atom. The molecule has 0 unspecified atom stereocenters. The normalized spacial score (nSPS) is 10.8. The molecule has 0 saturated heterocycles. The van der Waals surface area contributed by atoms with Crippen LogP contribution < -0.4 is 4.74 Å². The second-order valence-electron chi connectivity index (χ2n) is 6.69. The van der Waals surface area contributed by atoms with Gasteiger partial charge in [-0.2, -0.15) is 0 Å². The number of aliphatic carboxylic acids is 1. The molecule has 9 nitrogen and oxygen atoms in total. The van der Waals surface area contributed by atoms with E-state index in [2.05, 4.69) is 10.3 Å². The third-order valence-corrected chi connectivity index (χ3v) is 4.39. The molecule has 0 aliphatic carbocycles. The highest BCUT2D eigenvalue weighted by molar-refractivity contribution is 5.79. The summed E-state index contributed by atoms with van der Waals surface area (Å²) in [5, 5.41) is 16.8. The highest BCUT2D eigenvalue weighted by Gasteiger charge is 2.17. The molecule has 0 fully saturated rings. The van der Waals surface area contributed by atoms with Gasteiger partial charge in [-0.3, -0.25) is 0 Å². The third-order valence-electron chi connectivity index (χ3n) is 4.39. The number of carboxylic acid groups (broad SMARTS) is 1. The monoisotopic (exact) mass is 422 g/mol. The fraction of sp³-hybridized carbons (Fsp3) is 0.182. The van der Waals surface area contributed by atoms with E-state index in [0.717, 1.165) is 23.5 Å². The van der Waals surface area contributed by atoms with E-state index in [9.17, 15) is 9.59 Å². The van der Waals surface area contributed by atoms with E-state index in [-0.39, 0.29) is 6.61 Å². The molecule has 160 valence electrons. The molecule has 1 aromatic heterocycles. The molecule has 9 heteroatoms. The van der Waals surface area contributed by atoms with Crippen molar-refractivity contribution in [2.75, 3.05) is 7.05 Å². The summed E-state index contributed by atoms with van der Waals surface area (Å²) in [6, 6.07) is 16.5. The van der Waals surface area contributed by atoms with E-state index in [1.807, 2.05) is 30.3 Å². The first kappa shape index (κ1) is 21.6. The molecule has 1 heterocycles. The van der Waals surface area contributed by atoms with E-state index in [0.29, 0.717) is 23.7 Å². The molecule has 3 rings (SSSR count). The molecule has 2 aromatic carbocycles. The Morgan fingerprint density at radius 3 is 2.52 bits per heavy atom. The Kier molecular flexibility index (Phi) is 7.00. The Labute approximate surface area is 179 Å². The number of hydrogen-bond donors (Lipinski definition) is 1. The summed E-state index contributed by atoms with van der Waals surface area (Å²) in [4.78, 5) is 24.4. The van der Waals surface area contributed by atoms with Crippen LogP contribution in [0.15, 0.2) is 66.9 Å². The van der Waals surface area contributed by atoms with Crippen molar-refractivity contribution < 1.29 is 24.2 Å². The van der Waals surface area contributed by atoms with Gasteiger partial charge in [0.15, 0.2) is 0 Å². The van der Waals surface area contributed by atoms with Gasteiger partial charge in [0, 0.05) is 26.2 Å². The topological polar surface area (TPSA) is 107 Å². The molecule has 3 aromatic rings. The molecule has 0 atom stereocenters. The van der Waals surface area contributed by atoms with E-state index in [4.69, 9.17) is 14.6 Å². The molecular formula is C22H22N4O5. The molecule has 0 spiro atoms. The highest BCUT2D eigenvalue weighted by atomic mass is 16.6. The van der Waals surface area contributed by atoms with Crippen LogP contribution in [0.4, 0.5) is 4.79 Å². The van der Waals surface area contributed by atoms with Gasteiger partial charge in [-0.1, -0.05) is 35.5 Å². The minimum Gasteiger partial charge on any atom is -0.478 e. The smallest absolute Gasteiger partial charge is 0.410 e. The summed E-state index contributed by atoms with van der Waals surface area (Å²) in [6.07, 6.45) is 1.54. The fourth-order valence-electron chi connectivity index (χ4n) is 2.79. The first-order valence-electron chi connectivity index (χ1n) is 9.41. The van der Waals surface area contributed by atoms with Crippen LogP contribution in [0.1, 0.15) is 11.3 Å². The predicted molar refractivity (Wildman–Crippen MR) is 112 cm³/mol. The number of benzene rings is 2. The maximum absolute atomic E-state index is 12.4. The Bertz CT molecular complexity index is 1060. The van der Waals surface area contributed by atoms with E-state index < -0.39 is 12.1 Å². The van der Waals surface area contributed by atoms with Crippen molar-refractivity contribution in [1.29, 1.82) is 0 Å². The van der Waals surface area contributed by atoms with Gasteiger partial charge >= 0.3 is 12.1 Å². The minimum absolute atomic E-state index is 0.0103. The second-order valence-corrected chi connectivity index (χ2v) is 6.69. The summed E-state index contributed by atoms with van der Waals surface area (Å²) < 4.78 is 12.2. The number of aryl methyl sites for hydroxylation is 1. The summed E-state index contributed by atoms with van der Waals surface area (Å²) in [6.45, 7) is 0.449. The molecule has 0 aliphatic heterocycles. The van der Waals surface area contributed by atoms with Gasteiger partial charge in [0.2, 0.25) is 0 Å². The van der Waals surface area contributed by atoms with Gasteiger partial charge in [0.1, 0.15) is 23.7 Å². The van der Waals surface area contributed by atoms with Crippen LogP contribution in [0.2, 0.25) is 0 Å². The van der Waals surface area contributed by atoms with Crippen LogP contribution in [0, 0.1) is 0 Å². The van der Waals surface area contributed by atoms with Crippen LogP contribution in [0.3, 0.4) is 0 Å². The minimum atomic E-state index is -1.09. The zero-order valence-electron chi connectivity index (χ0n) is 17.1. The number of carbonyl (C=O) groups excluding carboxylic acids is 1. The SMILES string of the molecule is CN(Cc1ccccc1)C(=O)OCc1c(-c2ccc(O/C=C/C(=O)O)cc2)nnn1C. The largest absolute Gasteiger partial charge is 0.478 e. The Morgan fingerprint density at radius 1 is 1.13 bits per heavy atom. The third kappa shape index (κ3) is 5.92. The highest BCUT2D eigenvalue weighted by Crippen LogP contribution is 2.24. The molecular weight excluding hydrogens is 400 g/mol. The van der Waals surface area contributed by atoms with Crippen molar-refractivity contribution in [3.63, 3.8) is 0 Å². The van der Waals surface area contributed by atoms with Crippen molar-refractivity contribution in [2.45, 2.75) is 13.2 Å². The van der Waals surface area contributed by atoms with Gasteiger partial charge in [-0.25, -0.2) is 14.3 Å². The summed E-state index contributed by atoms with van der Waals surface area (Å²) in [5.74, 6) is -0.620. The molecule has 0 radical (unpaired) electrons. The van der Waals surface area contributed by atoms with Crippen LogP contribution in [-0.2, 0) is 29.7 Å². The maximum Gasteiger partial charge on any atom is 0.410 e. The van der Waals surface area contributed by atoms with E-state index in [1.165, 1.54) is 4.90 Å². The summed E-state index contributed by atoms with van der Waals surface area (Å²) in [7, 11) is 3.40. The number of amides is 1. The summed E-state index contributed by atoms with van der Waals surface area (Å²) >= 11 is 0. The number of carboxylic acids is 1. The lowest BCUT2D eigenvalue weighted by Gasteiger charge is -2.17. The van der Waals surface area contributed by atoms with Gasteiger partial charge in [-0.05, 0) is 29.8 Å². The average Bonchev–Trinajstić information content (AvgIpc) is 3.13. The lowest BCUT2D eigenvalue weighted by atomic mass is 10.1. The predicted octanol–water partition coefficient (Wildman–Crippen LogP) is 3.23. The lowest BCUT2D eigenvalue weighted by Crippen LogP contribution is -2.27. The lowest BCUT2D eigenvalue weighted by molar-refractivity contribution is -0.131. The second kappa shape index (κ2) is 10.1. The van der Waals surface area contributed by atoms with Crippen LogP contribution >= 0.6 is 0 Å². The van der Waals surface area contributed by atoms with Gasteiger partial charge in [0.25, 0.3) is 0 Å². The molecule has 0 bridgehead atoms. The zero-order chi connectivity index (χ0) is 22.2. The van der Waals surface area contributed by atoms with Crippen molar-refractivity contribution in [2.24, 2.45) is 7.05 Å². The van der Waals surface area contributed by atoms with E-state index in [1.54, 1.807) is 43.0 Å². The number of ether oxygens (including phenoxy) is 2. The van der Waals surface area contributed by atoms with Crippen LogP contribution in [-0.4, -0.2) is 44.1 Å².